The van der Waals surface area contributed by atoms with Crippen LogP contribution in [0.3, 0.4) is 0 Å². The lowest BCUT2D eigenvalue weighted by Crippen LogP contribution is -2.15. The van der Waals surface area contributed by atoms with Gasteiger partial charge in [0.25, 0.3) is 0 Å². The third-order valence-corrected chi connectivity index (χ3v) is 11.9. The van der Waals surface area contributed by atoms with Gasteiger partial charge in [0.05, 0.1) is 11.4 Å². The van der Waals surface area contributed by atoms with Crippen molar-refractivity contribution >= 4 is 43.1 Å². The second-order valence-electron chi connectivity index (χ2n) is 15.4. The molecule has 0 amide bonds. The molecule has 0 aliphatic heterocycles. The van der Waals surface area contributed by atoms with E-state index in [1.807, 2.05) is 30.6 Å². The molecule has 1 aliphatic rings. The van der Waals surface area contributed by atoms with Crippen LogP contribution in [0.2, 0.25) is 0 Å². The van der Waals surface area contributed by atoms with Gasteiger partial charge in [0.1, 0.15) is 0 Å². The molecule has 55 heavy (non-hydrogen) atoms. The number of hydrogen-bond acceptors (Lipinski definition) is 2. The van der Waals surface area contributed by atoms with Crippen molar-refractivity contribution in [1.82, 2.24) is 9.97 Å². The standard InChI is InChI=1S/C53H36N2/c1-53(2)47-29-37(40-23-25-50(55-32-40)49-17-9-10-26-54-49)22-24-41(47)44-30-45-46(31-48(44)53)52(39-21-19-34-12-4-6-14-36(34)28-39)43-16-8-7-15-42(43)51(45)38-20-18-33-11-3-5-13-35(33)27-38/h3-32H,1-2H3. The summed E-state index contributed by atoms with van der Waals surface area (Å²) in [5.41, 5.74) is 14.2. The molecule has 2 aromatic heterocycles. The number of rotatable bonds is 4. The molecule has 0 radical (unpaired) electrons. The van der Waals surface area contributed by atoms with Crippen molar-refractivity contribution in [2.75, 3.05) is 0 Å². The average Bonchev–Trinajstić information content (AvgIpc) is 3.46. The van der Waals surface area contributed by atoms with Crippen LogP contribution in [0.1, 0.15) is 25.0 Å². The van der Waals surface area contributed by atoms with Crippen molar-refractivity contribution in [2.24, 2.45) is 0 Å². The Bertz CT molecular complexity index is 3160. The average molecular weight is 701 g/mol. The van der Waals surface area contributed by atoms with E-state index in [0.717, 1.165) is 17.0 Å². The van der Waals surface area contributed by atoms with E-state index in [1.54, 1.807) is 0 Å². The Morgan fingerprint density at radius 2 is 0.909 bits per heavy atom. The fraction of sp³-hybridized carbons (Fsp3) is 0.0566. The normalized spacial score (nSPS) is 13.1. The molecule has 0 bridgehead atoms. The summed E-state index contributed by atoms with van der Waals surface area (Å²) in [7, 11) is 0. The van der Waals surface area contributed by atoms with Crippen molar-refractivity contribution < 1.29 is 0 Å². The molecule has 1 aliphatic carbocycles. The van der Waals surface area contributed by atoms with Gasteiger partial charge in [0.2, 0.25) is 0 Å². The molecular weight excluding hydrogens is 665 g/mol. The van der Waals surface area contributed by atoms with Crippen LogP contribution >= 0.6 is 0 Å². The third-order valence-electron chi connectivity index (χ3n) is 11.9. The van der Waals surface area contributed by atoms with Gasteiger partial charge in [-0.25, -0.2) is 0 Å². The number of fused-ring (bicyclic) bond motifs is 7. The van der Waals surface area contributed by atoms with Gasteiger partial charge >= 0.3 is 0 Å². The van der Waals surface area contributed by atoms with Gasteiger partial charge in [-0.2, -0.15) is 0 Å². The van der Waals surface area contributed by atoms with Crippen molar-refractivity contribution in [3.8, 4) is 55.9 Å². The maximum atomic E-state index is 4.81. The number of hydrogen-bond donors (Lipinski definition) is 0. The molecule has 0 saturated heterocycles. The van der Waals surface area contributed by atoms with Crippen LogP contribution in [0.4, 0.5) is 0 Å². The summed E-state index contributed by atoms with van der Waals surface area (Å²) in [5.74, 6) is 0. The summed E-state index contributed by atoms with van der Waals surface area (Å²) in [5, 5.41) is 10.1. The Morgan fingerprint density at radius 1 is 0.364 bits per heavy atom. The SMILES string of the molecule is CC1(C)c2cc(-c3ccc(-c4ccccn4)nc3)ccc2-c2cc3c(-c4ccc5ccccc5c4)c4ccccc4c(-c4ccc5ccccc5c4)c3cc21. The monoisotopic (exact) mass is 700 g/mol. The van der Waals surface area contributed by atoms with Crippen LogP contribution in [0, 0.1) is 0 Å². The highest BCUT2D eigenvalue weighted by molar-refractivity contribution is 6.23. The van der Waals surface area contributed by atoms with E-state index >= 15 is 0 Å². The molecule has 10 aromatic rings. The van der Waals surface area contributed by atoms with Gasteiger partial charge in [-0.05, 0) is 142 Å². The second kappa shape index (κ2) is 12.1. The van der Waals surface area contributed by atoms with Crippen LogP contribution in [-0.4, -0.2) is 9.97 Å². The molecular formula is C53H36N2. The first-order chi connectivity index (χ1) is 27.0. The summed E-state index contributed by atoms with van der Waals surface area (Å²) >= 11 is 0. The molecule has 2 nitrogen and oxygen atoms in total. The highest BCUT2D eigenvalue weighted by atomic mass is 14.8. The van der Waals surface area contributed by atoms with E-state index in [9.17, 15) is 0 Å². The first-order valence-electron chi connectivity index (χ1n) is 19.1. The summed E-state index contributed by atoms with van der Waals surface area (Å²) in [6.45, 7) is 4.77. The number of pyridine rings is 2. The summed E-state index contributed by atoms with van der Waals surface area (Å²) < 4.78 is 0. The van der Waals surface area contributed by atoms with Gasteiger partial charge in [0, 0.05) is 23.4 Å². The van der Waals surface area contributed by atoms with Gasteiger partial charge in [0.15, 0.2) is 0 Å². The smallest absolute Gasteiger partial charge is 0.0886 e. The zero-order valence-corrected chi connectivity index (χ0v) is 30.7. The summed E-state index contributed by atoms with van der Waals surface area (Å²) in [4.78, 5) is 9.31. The van der Waals surface area contributed by atoms with Crippen molar-refractivity contribution in [1.29, 1.82) is 0 Å². The molecule has 0 N–H and O–H groups in total. The van der Waals surface area contributed by atoms with Crippen LogP contribution < -0.4 is 0 Å². The molecule has 0 saturated carbocycles. The molecule has 2 heterocycles. The topological polar surface area (TPSA) is 25.8 Å². The van der Waals surface area contributed by atoms with Crippen LogP contribution in [-0.2, 0) is 5.41 Å². The van der Waals surface area contributed by atoms with Gasteiger partial charge in [-0.15, -0.1) is 0 Å². The molecule has 0 fully saturated rings. The van der Waals surface area contributed by atoms with Crippen LogP contribution in [0.5, 0.6) is 0 Å². The minimum absolute atomic E-state index is 0.217. The van der Waals surface area contributed by atoms with E-state index in [2.05, 4.69) is 170 Å². The fourth-order valence-corrected chi connectivity index (χ4v) is 9.13. The van der Waals surface area contributed by atoms with Crippen molar-refractivity contribution in [3.63, 3.8) is 0 Å². The third kappa shape index (κ3) is 4.95. The molecule has 11 rings (SSSR count). The lowest BCUT2D eigenvalue weighted by molar-refractivity contribution is 0.661. The molecule has 0 spiro atoms. The van der Waals surface area contributed by atoms with Gasteiger partial charge < -0.3 is 0 Å². The maximum absolute atomic E-state index is 4.81. The highest BCUT2D eigenvalue weighted by Crippen LogP contribution is 2.54. The predicted octanol–water partition coefficient (Wildman–Crippen LogP) is 14.1. The summed E-state index contributed by atoms with van der Waals surface area (Å²) in [6, 6.07) is 62.5. The van der Waals surface area contributed by atoms with Gasteiger partial charge in [-0.3, -0.25) is 9.97 Å². The molecule has 0 unspecified atom stereocenters. The van der Waals surface area contributed by atoms with Gasteiger partial charge in [-0.1, -0.05) is 135 Å². The minimum Gasteiger partial charge on any atom is -0.255 e. The minimum atomic E-state index is -0.217. The Balaban J connectivity index is 1.16. The van der Waals surface area contributed by atoms with E-state index in [0.29, 0.717) is 0 Å². The molecule has 8 aromatic carbocycles. The predicted molar refractivity (Wildman–Crippen MR) is 231 cm³/mol. The Hall–Kier alpha value is -6.90. The van der Waals surface area contributed by atoms with E-state index in [-0.39, 0.29) is 5.41 Å². The summed E-state index contributed by atoms with van der Waals surface area (Å²) in [6.07, 6.45) is 3.79. The number of nitrogens with zero attached hydrogens (tertiary/aromatic N) is 2. The first-order valence-corrected chi connectivity index (χ1v) is 19.1. The van der Waals surface area contributed by atoms with Crippen molar-refractivity contribution in [3.05, 3.63) is 193 Å². The number of aromatic nitrogens is 2. The quantitative estimate of drug-likeness (QED) is 0.171. The maximum Gasteiger partial charge on any atom is 0.0886 e. The van der Waals surface area contributed by atoms with E-state index < -0.39 is 0 Å². The Kier molecular flexibility index (Phi) is 6.93. The highest BCUT2D eigenvalue weighted by Gasteiger charge is 2.37. The largest absolute Gasteiger partial charge is 0.255 e. The Labute approximate surface area is 320 Å². The Morgan fingerprint density at radius 3 is 1.53 bits per heavy atom. The van der Waals surface area contributed by atoms with Crippen molar-refractivity contribution in [2.45, 2.75) is 19.3 Å². The molecule has 2 heteroatoms. The lowest BCUT2D eigenvalue weighted by atomic mass is 9.79. The zero-order valence-electron chi connectivity index (χ0n) is 30.7. The first kappa shape index (κ1) is 31.6. The fourth-order valence-electron chi connectivity index (χ4n) is 9.13. The lowest BCUT2D eigenvalue weighted by Gasteiger charge is -2.24. The zero-order chi connectivity index (χ0) is 36.7. The number of benzene rings is 8. The molecule has 258 valence electrons. The van der Waals surface area contributed by atoms with Crippen LogP contribution in [0.25, 0.3) is 99.0 Å². The second-order valence-corrected chi connectivity index (χ2v) is 15.4. The van der Waals surface area contributed by atoms with E-state index in [4.69, 9.17) is 4.98 Å². The van der Waals surface area contributed by atoms with Crippen LogP contribution in [0.15, 0.2) is 182 Å². The molecule has 0 atom stereocenters. The van der Waals surface area contributed by atoms with E-state index in [1.165, 1.54) is 93.2 Å².